The van der Waals surface area contributed by atoms with Gasteiger partial charge < -0.3 is 9.72 Å². The van der Waals surface area contributed by atoms with Gasteiger partial charge in [-0.3, -0.25) is 4.79 Å². The molecule has 106 valence electrons. The van der Waals surface area contributed by atoms with Gasteiger partial charge >= 0.3 is 0 Å². The fourth-order valence-corrected chi connectivity index (χ4v) is 2.21. The first-order chi connectivity index (χ1) is 10.1. The van der Waals surface area contributed by atoms with Crippen LogP contribution in [0.15, 0.2) is 48.8 Å². The topological polar surface area (TPSA) is 46.4 Å². The quantitative estimate of drug-likeness (QED) is 0.808. The highest BCUT2D eigenvalue weighted by Gasteiger charge is 2.11. The van der Waals surface area contributed by atoms with Crippen LogP contribution in [0.1, 0.15) is 16.1 Å². The molecular weight excluding hydrogens is 293 g/mol. The first kappa shape index (κ1) is 13.6. The first-order valence-electron chi connectivity index (χ1n) is 6.29. The van der Waals surface area contributed by atoms with E-state index in [2.05, 4.69) is 10.3 Å². The van der Waals surface area contributed by atoms with Crippen LogP contribution in [0.5, 0.6) is 0 Å². The first-order valence-corrected chi connectivity index (χ1v) is 6.67. The summed E-state index contributed by atoms with van der Waals surface area (Å²) in [6.07, 6.45) is 3.47. The summed E-state index contributed by atoms with van der Waals surface area (Å²) in [4.78, 5) is 16.3. The third kappa shape index (κ3) is 2.87. The summed E-state index contributed by atoms with van der Waals surface area (Å²) in [5, 5.41) is 3.00. The molecular formula is C15H11ClFN3O. The maximum atomic E-state index is 12.9. The van der Waals surface area contributed by atoms with Crippen molar-refractivity contribution in [2.24, 2.45) is 0 Å². The lowest BCUT2D eigenvalue weighted by Crippen LogP contribution is -2.23. The van der Waals surface area contributed by atoms with Gasteiger partial charge in [0, 0.05) is 24.0 Å². The van der Waals surface area contributed by atoms with Gasteiger partial charge in [-0.15, -0.1) is 0 Å². The zero-order valence-corrected chi connectivity index (χ0v) is 11.6. The second-order valence-electron chi connectivity index (χ2n) is 4.51. The number of fused-ring (bicyclic) bond motifs is 1. The molecule has 0 unspecified atom stereocenters. The molecule has 0 spiro atoms. The molecule has 0 fully saturated rings. The fraction of sp³-hybridized carbons (Fsp3) is 0.0667. The van der Waals surface area contributed by atoms with E-state index in [0.717, 1.165) is 0 Å². The summed E-state index contributed by atoms with van der Waals surface area (Å²) < 4.78 is 14.7. The molecule has 0 bridgehead atoms. The highest BCUT2D eigenvalue weighted by atomic mass is 35.5. The smallest absolute Gasteiger partial charge is 0.271 e. The molecule has 0 aliphatic rings. The average molecular weight is 304 g/mol. The number of imidazole rings is 1. The van der Waals surface area contributed by atoms with Crippen molar-refractivity contribution in [1.29, 1.82) is 0 Å². The largest absolute Gasteiger partial charge is 0.347 e. The number of nitrogens with zero attached hydrogens (tertiary/aromatic N) is 2. The summed E-state index contributed by atoms with van der Waals surface area (Å²) in [6.45, 7) is 0.214. The lowest BCUT2D eigenvalue weighted by molar-refractivity contribution is 0.0946. The van der Waals surface area contributed by atoms with E-state index >= 15 is 0 Å². The van der Waals surface area contributed by atoms with Crippen molar-refractivity contribution in [1.82, 2.24) is 14.7 Å². The van der Waals surface area contributed by atoms with Crippen molar-refractivity contribution in [3.8, 4) is 0 Å². The second kappa shape index (κ2) is 5.54. The molecule has 1 aromatic carbocycles. The lowest BCUT2D eigenvalue weighted by Gasteiger charge is -2.05. The van der Waals surface area contributed by atoms with E-state index in [-0.39, 0.29) is 17.5 Å². The highest BCUT2D eigenvalue weighted by Crippen LogP contribution is 2.17. The maximum absolute atomic E-state index is 12.9. The van der Waals surface area contributed by atoms with Crippen molar-refractivity contribution < 1.29 is 9.18 Å². The van der Waals surface area contributed by atoms with Gasteiger partial charge in [0.2, 0.25) is 0 Å². The molecule has 1 amide bonds. The van der Waals surface area contributed by atoms with Gasteiger partial charge in [-0.05, 0) is 29.8 Å². The van der Waals surface area contributed by atoms with Crippen molar-refractivity contribution >= 4 is 23.2 Å². The Morgan fingerprint density at radius 2 is 2.19 bits per heavy atom. The van der Waals surface area contributed by atoms with Gasteiger partial charge in [0.25, 0.3) is 5.91 Å². The number of nitrogens with one attached hydrogen (secondary N) is 1. The van der Waals surface area contributed by atoms with Crippen molar-refractivity contribution in [3.63, 3.8) is 0 Å². The van der Waals surface area contributed by atoms with Gasteiger partial charge in [0.05, 0.1) is 0 Å². The Kier molecular flexibility index (Phi) is 3.58. The Morgan fingerprint density at radius 3 is 2.95 bits per heavy atom. The van der Waals surface area contributed by atoms with Crippen LogP contribution in [-0.2, 0) is 6.54 Å². The molecule has 2 aromatic heterocycles. The molecule has 2 heterocycles. The van der Waals surface area contributed by atoms with Crippen LogP contribution < -0.4 is 5.32 Å². The van der Waals surface area contributed by atoms with Crippen LogP contribution in [-0.4, -0.2) is 15.3 Å². The van der Waals surface area contributed by atoms with Crippen LogP contribution >= 0.6 is 11.6 Å². The van der Waals surface area contributed by atoms with E-state index in [9.17, 15) is 9.18 Å². The zero-order chi connectivity index (χ0) is 14.8. The number of benzene rings is 1. The molecule has 4 nitrogen and oxygen atoms in total. The Morgan fingerprint density at radius 1 is 1.33 bits per heavy atom. The van der Waals surface area contributed by atoms with Crippen LogP contribution in [0.2, 0.25) is 5.02 Å². The number of halogens is 2. The van der Waals surface area contributed by atoms with Crippen molar-refractivity contribution in [2.75, 3.05) is 0 Å². The third-order valence-electron chi connectivity index (χ3n) is 3.05. The van der Waals surface area contributed by atoms with Gasteiger partial charge in [-0.25, -0.2) is 9.37 Å². The number of hydrogen-bond donors (Lipinski definition) is 1. The highest BCUT2D eigenvalue weighted by molar-refractivity contribution is 6.31. The minimum Gasteiger partial charge on any atom is -0.347 e. The lowest BCUT2D eigenvalue weighted by atomic mass is 10.2. The maximum Gasteiger partial charge on any atom is 0.271 e. The molecule has 1 N–H and O–H groups in total. The zero-order valence-electron chi connectivity index (χ0n) is 10.9. The number of rotatable bonds is 3. The predicted molar refractivity (Wildman–Crippen MR) is 77.8 cm³/mol. The molecule has 21 heavy (non-hydrogen) atoms. The molecule has 3 rings (SSSR count). The average Bonchev–Trinajstić information content (AvgIpc) is 2.90. The SMILES string of the molecule is O=C(NCc1ccc(F)cc1Cl)c1cn2ccccc2n1. The van der Waals surface area contributed by atoms with Gasteiger partial charge in [0.15, 0.2) is 0 Å². The Bertz CT molecular complexity index is 783. The third-order valence-corrected chi connectivity index (χ3v) is 3.40. The number of hydrogen-bond acceptors (Lipinski definition) is 2. The van der Waals surface area contributed by atoms with E-state index in [1.54, 1.807) is 16.7 Å². The molecule has 0 radical (unpaired) electrons. The minimum absolute atomic E-state index is 0.214. The fourth-order valence-electron chi connectivity index (χ4n) is 1.98. The molecule has 0 aliphatic heterocycles. The van der Waals surface area contributed by atoms with Crippen molar-refractivity contribution in [3.05, 3.63) is 70.9 Å². The van der Waals surface area contributed by atoms with E-state index in [1.165, 1.54) is 12.1 Å². The van der Waals surface area contributed by atoms with E-state index < -0.39 is 5.82 Å². The normalized spacial score (nSPS) is 10.8. The standard InChI is InChI=1S/C15H11ClFN3O/c16-12-7-11(17)5-4-10(12)8-18-15(21)13-9-20-6-2-1-3-14(20)19-13/h1-7,9H,8H2,(H,18,21). The second-order valence-corrected chi connectivity index (χ2v) is 4.92. The summed E-state index contributed by atoms with van der Waals surface area (Å²) in [5.41, 5.74) is 1.66. The molecule has 3 aromatic rings. The van der Waals surface area contributed by atoms with Crippen molar-refractivity contribution in [2.45, 2.75) is 6.54 Å². The summed E-state index contributed by atoms with van der Waals surface area (Å²) in [7, 11) is 0. The van der Waals surface area contributed by atoms with Crippen LogP contribution in [0.4, 0.5) is 4.39 Å². The number of pyridine rings is 1. The number of aromatic nitrogens is 2. The van der Waals surface area contributed by atoms with E-state index in [4.69, 9.17) is 11.6 Å². The molecule has 0 saturated carbocycles. The molecule has 6 heteroatoms. The van der Waals surface area contributed by atoms with Gasteiger partial charge in [-0.1, -0.05) is 23.7 Å². The number of amides is 1. The Labute approximate surface area is 125 Å². The van der Waals surface area contributed by atoms with Gasteiger partial charge in [0.1, 0.15) is 17.2 Å². The molecule has 0 saturated heterocycles. The molecule has 0 atom stereocenters. The summed E-state index contributed by atoms with van der Waals surface area (Å²) in [5.74, 6) is -0.713. The number of carbonyl (C=O) groups excluding carboxylic acids is 1. The van der Waals surface area contributed by atoms with E-state index in [0.29, 0.717) is 16.9 Å². The predicted octanol–water partition coefficient (Wildman–Crippen LogP) is 3.06. The van der Waals surface area contributed by atoms with Gasteiger partial charge in [-0.2, -0.15) is 0 Å². The van der Waals surface area contributed by atoms with Crippen LogP contribution in [0.3, 0.4) is 0 Å². The van der Waals surface area contributed by atoms with Crippen LogP contribution in [0, 0.1) is 5.82 Å². The number of carbonyl (C=O) groups is 1. The van der Waals surface area contributed by atoms with E-state index in [1.807, 2.05) is 24.4 Å². The minimum atomic E-state index is -0.407. The molecule has 0 aliphatic carbocycles. The summed E-state index contributed by atoms with van der Waals surface area (Å²) in [6, 6.07) is 9.58. The summed E-state index contributed by atoms with van der Waals surface area (Å²) >= 11 is 5.91. The Balaban J connectivity index is 1.74. The monoisotopic (exact) mass is 303 g/mol. The van der Waals surface area contributed by atoms with Crippen LogP contribution in [0.25, 0.3) is 5.65 Å². The Hall–Kier alpha value is -2.40.